The van der Waals surface area contributed by atoms with Gasteiger partial charge in [-0.15, -0.1) is 0 Å². The van der Waals surface area contributed by atoms with Gasteiger partial charge in [-0.1, -0.05) is 0 Å². The summed E-state index contributed by atoms with van der Waals surface area (Å²) in [5.41, 5.74) is 0.435. The van der Waals surface area contributed by atoms with Gasteiger partial charge in [0, 0.05) is 19.8 Å². The molecule has 2 rings (SSSR count). The average Bonchev–Trinajstić information content (AvgIpc) is 2.54. The topological polar surface area (TPSA) is 75.7 Å². The molecule has 0 aliphatic heterocycles. The molecule has 1 amide bonds. The van der Waals surface area contributed by atoms with Crippen molar-refractivity contribution in [2.75, 3.05) is 26.0 Å². The Balaban J connectivity index is 1.97. The smallest absolute Gasteiger partial charge is 0.262 e. The molecule has 0 aromatic heterocycles. The van der Waals surface area contributed by atoms with Crippen LogP contribution in [0.1, 0.15) is 0 Å². The Kier molecular flexibility index (Phi) is 6.15. The lowest BCUT2D eigenvalue weighted by atomic mass is 10.3. The van der Waals surface area contributed by atoms with E-state index in [0.29, 0.717) is 15.9 Å². The van der Waals surface area contributed by atoms with Gasteiger partial charge >= 0.3 is 0 Å². The van der Waals surface area contributed by atoms with Crippen LogP contribution < -0.4 is 10.1 Å². The highest BCUT2D eigenvalue weighted by molar-refractivity contribution is 9.10. The first-order chi connectivity index (χ1) is 11.7. The maximum Gasteiger partial charge on any atom is 0.262 e. The van der Waals surface area contributed by atoms with Crippen LogP contribution in [-0.4, -0.2) is 39.3 Å². The number of carbonyl (C=O) groups excluding carboxylic acids is 1. The van der Waals surface area contributed by atoms with Gasteiger partial charge in [0.15, 0.2) is 6.61 Å². The Morgan fingerprint density at radius 2 is 1.84 bits per heavy atom. The Morgan fingerprint density at radius 3 is 2.40 bits per heavy atom. The van der Waals surface area contributed by atoms with Crippen molar-refractivity contribution < 1.29 is 22.3 Å². The van der Waals surface area contributed by atoms with Crippen molar-refractivity contribution in [2.24, 2.45) is 0 Å². The summed E-state index contributed by atoms with van der Waals surface area (Å²) in [4.78, 5) is 12.0. The van der Waals surface area contributed by atoms with Gasteiger partial charge < -0.3 is 10.1 Å². The number of benzene rings is 2. The molecule has 2 aromatic carbocycles. The monoisotopic (exact) mass is 430 g/mol. The molecule has 0 saturated heterocycles. The standard InChI is InChI=1S/C16H16BrFN2O4S/c1-20(2)25(22,23)13-6-4-12(5-7-13)19-16(21)10-24-15-8-3-11(18)9-14(15)17/h3-9H,10H2,1-2H3,(H,19,21). The third-order valence-electron chi connectivity index (χ3n) is 3.17. The van der Waals surface area contributed by atoms with Gasteiger partial charge in [-0.25, -0.2) is 17.1 Å². The molecule has 0 aliphatic carbocycles. The number of sulfonamides is 1. The summed E-state index contributed by atoms with van der Waals surface area (Å²) in [6.07, 6.45) is 0. The minimum Gasteiger partial charge on any atom is -0.483 e. The molecule has 25 heavy (non-hydrogen) atoms. The number of rotatable bonds is 6. The van der Waals surface area contributed by atoms with Crippen molar-refractivity contribution in [1.82, 2.24) is 4.31 Å². The fraction of sp³-hybridized carbons (Fsp3) is 0.188. The molecule has 0 fully saturated rings. The number of amides is 1. The van der Waals surface area contributed by atoms with Gasteiger partial charge in [-0.3, -0.25) is 4.79 Å². The normalized spacial score (nSPS) is 11.4. The minimum atomic E-state index is -3.52. The van der Waals surface area contributed by atoms with Crippen LogP contribution in [0.15, 0.2) is 51.8 Å². The van der Waals surface area contributed by atoms with E-state index in [4.69, 9.17) is 4.74 Å². The maximum absolute atomic E-state index is 13.0. The van der Waals surface area contributed by atoms with Crippen LogP contribution in [0, 0.1) is 5.82 Å². The van der Waals surface area contributed by atoms with Crippen molar-refractivity contribution in [1.29, 1.82) is 0 Å². The van der Waals surface area contributed by atoms with E-state index in [2.05, 4.69) is 21.2 Å². The molecule has 0 aliphatic rings. The van der Waals surface area contributed by atoms with E-state index in [1.54, 1.807) is 0 Å². The van der Waals surface area contributed by atoms with E-state index in [-0.39, 0.29) is 11.5 Å². The van der Waals surface area contributed by atoms with E-state index >= 15 is 0 Å². The molecule has 0 atom stereocenters. The summed E-state index contributed by atoms with van der Waals surface area (Å²) in [7, 11) is -0.636. The van der Waals surface area contributed by atoms with Crippen LogP contribution in [0.25, 0.3) is 0 Å². The fourth-order valence-corrected chi connectivity index (χ4v) is 3.22. The second-order valence-corrected chi connectivity index (χ2v) is 8.23. The SMILES string of the molecule is CN(C)S(=O)(=O)c1ccc(NC(=O)COc2ccc(F)cc2Br)cc1. The number of ether oxygens (including phenoxy) is 1. The molecule has 9 heteroatoms. The van der Waals surface area contributed by atoms with Gasteiger partial charge in [0.05, 0.1) is 9.37 Å². The lowest BCUT2D eigenvalue weighted by Crippen LogP contribution is -2.22. The second kappa shape index (κ2) is 7.94. The van der Waals surface area contributed by atoms with E-state index in [0.717, 1.165) is 4.31 Å². The summed E-state index contributed by atoms with van der Waals surface area (Å²) in [5.74, 6) is -0.514. The number of hydrogen-bond donors (Lipinski definition) is 1. The largest absolute Gasteiger partial charge is 0.483 e. The van der Waals surface area contributed by atoms with Crippen molar-refractivity contribution >= 4 is 37.5 Å². The zero-order chi connectivity index (χ0) is 18.6. The molecule has 6 nitrogen and oxygen atoms in total. The molecule has 0 heterocycles. The molecule has 0 saturated carbocycles. The first-order valence-corrected chi connectivity index (χ1v) is 9.34. The third kappa shape index (κ3) is 5.00. The van der Waals surface area contributed by atoms with E-state index in [9.17, 15) is 17.6 Å². The molecular formula is C16H16BrFN2O4S. The average molecular weight is 431 g/mol. The lowest BCUT2D eigenvalue weighted by Gasteiger charge is -2.12. The highest BCUT2D eigenvalue weighted by atomic mass is 79.9. The van der Waals surface area contributed by atoms with Crippen LogP contribution in [-0.2, 0) is 14.8 Å². The quantitative estimate of drug-likeness (QED) is 0.764. The Bertz CT molecular complexity index is 870. The minimum absolute atomic E-state index is 0.127. The van der Waals surface area contributed by atoms with E-state index in [1.807, 2.05) is 0 Å². The summed E-state index contributed by atoms with van der Waals surface area (Å²) in [6, 6.07) is 9.65. The lowest BCUT2D eigenvalue weighted by molar-refractivity contribution is -0.118. The number of nitrogens with one attached hydrogen (secondary N) is 1. The van der Waals surface area contributed by atoms with Crippen molar-refractivity contribution in [3.8, 4) is 5.75 Å². The second-order valence-electron chi connectivity index (χ2n) is 5.22. The highest BCUT2D eigenvalue weighted by Gasteiger charge is 2.16. The summed E-state index contributed by atoms with van der Waals surface area (Å²) < 4.78 is 43.7. The van der Waals surface area contributed by atoms with Crippen molar-refractivity contribution in [3.63, 3.8) is 0 Å². The number of carbonyl (C=O) groups is 1. The van der Waals surface area contributed by atoms with Gasteiger partial charge in [0.25, 0.3) is 5.91 Å². The zero-order valence-corrected chi connectivity index (χ0v) is 15.9. The predicted molar refractivity (Wildman–Crippen MR) is 95.5 cm³/mol. The molecule has 134 valence electrons. The first kappa shape index (κ1) is 19.4. The zero-order valence-electron chi connectivity index (χ0n) is 13.5. The molecule has 2 aromatic rings. The van der Waals surface area contributed by atoms with Gasteiger partial charge in [0.1, 0.15) is 11.6 Å². The van der Waals surface area contributed by atoms with Gasteiger partial charge in [-0.2, -0.15) is 0 Å². The molecule has 0 unspecified atom stereocenters. The number of hydrogen-bond acceptors (Lipinski definition) is 4. The predicted octanol–water partition coefficient (Wildman–Crippen LogP) is 2.86. The third-order valence-corrected chi connectivity index (χ3v) is 5.62. The summed E-state index contributed by atoms with van der Waals surface area (Å²) >= 11 is 3.14. The van der Waals surface area contributed by atoms with E-state index in [1.165, 1.54) is 56.6 Å². The van der Waals surface area contributed by atoms with Crippen molar-refractivity contribution in [2.45, 2.75) is 4.90 Å². The number of nitrogens with zero attached hydrogens (tertiary/aromatic N) is 1. The molecule has 0 radical (unpaired) electrons. The Labute approximate surface area is 153 Å². The number of halogens is 2. The maximum atomic E-state index is 13.0. The van der Waals surface area contributed by atoms with E-state index < -0.39 is 21.7 Å². The van der Waals surface area contributed by atoms with Crippen LogP contribution >= 0.6 is 15.9 Å². The fourth-order valence-electron chi connectivity index (χ4n) is 1.85. The molecule has 0 bridgehead atoms. The van der Waals surface area contributed by atoms with Crippen LogP contribution in [0.3, 0.4) is 0 Å². The van der Waals surface area contributed by atoms with Gasteiger partial charge in [-0.05, 0) is 58.4 Å². The Morgan fingerprint density at radius 1 is 1.20 bits per heavy atom. The van der Waals surface area contributed by atoms with Crippen LogP contribution in [0.4, 0.5) is 10.1 Å². The Hall–Kier alpha value is -1.97. The first-order valence-electron chi connectivity index (χ1n) is 7.10. The number of anilines is 1. The summed E-state index contributed by atoms with van der Waals surface area (Å²) in [5, 5.41) is 2.59. The summed E-state index contributed by atoms with van der Waals surface area (Å²) in [6.45, 7) is -0.276. The van der Waals surface area contributed by atoms with Crippen LogP contribution in [0.5, 0.6) is 5.75 Å². The molecular weight excluding hydrogens is 415 g/mol. The molecule has 1 N–H and O–H groups in total. The molecule has 0 spiro atoms. The highest BCUT2D eigenvalue weighted by Crippen LogP contribution is 2.25. The van der Waals surface area contributed by atoms with Crippen molar-refractivity contribution in [3.05, 3.63) is 52.8 Å². The van der Waals surface area contributed by atoms with Gasteiger partial charge in [0.2, 0.25) is 10.0 Å². The van der Waals surface area contributed by atoms with Crippen LogP contribution in [0.2, 0.25) is 0 Å².